The highest BCUT2D eigenvalue weighted by atomic mass is 19.1. The van der Waals surface area contributed by atoms with E-state index in [9.17, 15) is 4.39 Å². The summed E-state index contributed by atoms with van der Waals surface area (Å²) in [5, 5.41) is 3.39. The second kappa shape index (κ2) is 5.47. The molecule has 0 saturated carbocycles. The Morgan fingerprint density at radius 2 is 2.35 bits per heavy atom. The van der Waals surface area contributed by atoms with Gasteiger partial charge in [0.2, 0.25) is 0 Å². The number of hydrogen-bond acceptors (Lipinski definition) is 3. The van der Waals surface area contributed by atoms with Crippen molar-refractivity contribution in [3.8, 4) is 0 Å². The number of hydrogen-bond donors (Lipinski definition) is 1. The molecule has 1 aromatic carbocycles. The summed E-state index contributed by atoms with van der Waals surface area (Å²) in [5.41, 5.74) is 0.934. The standard InChI is InChI=1S/C13H20FN3/c1-16-7-6-15-9-13(16)10-17(2)12-5-3-4-11(14)8-12/h3-5,8,13,15H,6-7,9-10H2,1-2H3. The van der Waals surface area contributed by atoms with Gasteiger partial charge in [0.05, 0.1) is 0 Å². The summed E-state index contributed by atoms with van der Waals surface area (Å²) >= 11 is 0. The molecule has 0 aromatic heterocycles. The van der Waals surface area contributed by atoms with Crippen LogP contribution < -0.4 is 10.2 Å². The Bertz CT molecular complexity index is 369. The number of nitrogens with one attached hydrogen (secondary N) is 1. The lowest BCUT2D eigenvalue weighted by Crippen LogP contribution is -2.53. The van der Waals surface area contributed by atoms with Crippen molar-refractivity contribution in [2.75, 3.05) is 45.2 Å². The fourth-order valence-corrected chi connectivity index (χ4v) is 2.20. The van der Waals surface area contributed by atoms with Crippen LogP contribution in [0.5, 0.6) is 0 Å². The molecule has 1 fully saturated rings. The molecule has 1 heterocycles. The Morgan fingerprint density at radius 3 is 3.06 bits per heavy atom. The van der Waals surface area contributed by atoms with Gasteiger partial charge in [0.1, 0.15) is 5.82 Å². The molecule has 1 N–H and O–H groups in total. The highest BCUT2D eigenvalue weighted by Crippen LogP contribution is 2.15. The maximum atomic E-state index is 13.1. The maximum Gasteiger partial charge on any atom is 0.125 e. The molecule has 0 spiro atoms. The summed E-state index contributed by atoms with van der Waals surface area (Å²) in [7, 11) is 4.15. The SMILES string of the molecule is CN(CC1CNCCN1C)c1cccc(F)c1. The van der Waals surface area contributed by atoms with Crippen LogP contribution in [0.2, 0.25) is 0 Å². The normalized spacial score (nSPS) is 21.5. The van der Waals surface area contributed by atoms with Crippen LogP contribution in [0.4, 0.5) is 10.1 Å². The molecule has 1 unspecified atom stereocenters. The smallest absolute Gasteiger partial charge is 0.125 e. The van der Waals surface area contributed by atoms with Crippen LogP contribution >= 0.6 is 0 Å². The molecule has 0 amide bonds. The fraction of sp³-hybridized carbons (Fsp3) is 0.538. The molecule has 3 nitrogen and oxygen atoms in total. The van der Waals surface area contributed by atoms with Gasteiger partial charge in [0.15, 0.2) is 0 Å². The molecule has 1 saturated heterocycles. The molecule has 0 bridgehead atoms. The van der Waals surface area contributed by atoms with E-state index in [1.54, 1.807) is 12.1 Å². The van der Waals surface area contributed by atoms with Crippen molar-refractivity contribution in [1.82, 2.24) is 10.2 Å². The Hall–Kier alpha value is -1.13. The summed E-state index contributed by atoms with van der Waals surface area (Å²) in [4.78, 5) is 4.46. The van der Waals surface area contributed by atoms with Crippen LogP contribution in [0.1, 0.15) is 0 Å². The van der Waals surface area contributed by atoms with Gasteiger partial charge >= 0.3 is 0 Å². The van der Waals surface area contributed by atoms with Gasteiger partial charge in [0.25, 0.3) is 0 Å². The van der Waals surface area contributed by atoms with Crippen molar-refractivity contribution in [1.29, 1.82) is 0 Å². The molecule has 0 radical (unpaired) electrons. The van der Waals surface area contributed by atoms with Crippen molar-refractivity contribution in [2.24, 2.45) is 0 Å². The van der Waals surface area contributed by atoms with Crippen molar-refractivity contribution in [3.05, 3.63) is 30.1 Å². The summed E-state index contributed by atoms with van der Waals surface area (Å²) in [6.07, 6.45) is 0. The first kappa shape index (κ1) is 12.3. The fourth-order valence-electron chi connectivity index (χ4n) is 2.20. The molecular weight excluding hydrogens is 217 g/mol. The average molecular weight is 237 g/mol. The van der Waals surface area contributed by atoms with Gasteiger partial charge in [-0.2, -0.15) is 0 Å². The third-order valence-corrected chi connectivity index (χ3v) is 3.38. The van der Waals surface area contributed by atoms with Gasteiger partial charge in [-0.25, -0.2) is 4.39 Å². The number of likely N-dealkylation sites (N-methyl/N-ethyl adjacent to an activating group) is 2. The van der Waals surface area contributed by atoms with E-state index in [-0.39, 0.29) is 5.82 Å². The Balaban J connectivity index is 1.98. The summed E-state index contributed by atoms with van der Waals surface area (Å²) in [6.45, 7) is 4.03. The van der Waals surface area contributed by atoms with Crippen LogP contribution in [0.3, 0.4) is 0 Å². The summed E-state index contributed by atoms with van der Waals surface area (Å²) in [6, 6.07) is 7.24. The highest BCUT2D eigenvalue weighted by molar-refractivity contribution is 5.45. The van der Waals surface area contributed by atoms with Gasteiger partial charge < -0.3 is 10.2 Å². The van der Waals surface area contributed by atoms with Crippen LogP contribution in [-0.2, 0) is 0 Å². The zero-order chi connectivity index (χ0) is 12.3. The zero-order valence-electron chi connectivity index (χ0n) is 10.5. The monoisotopic (exact) mass is 237 g/mol. The lowest BCUT2D eigenvalue weighted by Gasteiger charge is -2.36. The third kappa shape index (κ3) is 3.17. The first-order chi connectivity index (χ1) is 8.16. The van der Waals surface area contributed by atoms with Gasteiger partial charge in [-0.3, -0.25) is 4.90 Å². The molecule has 94 valence electrons. The largest absolute Gasteiger partial charge is 0.373 e. The van der Waals surface area contributed by atoms with Gasteiger partial charge in [-0.1, -0.05) is 6.07 Å². The molecule has 1 aliphatic heterocycles. The minimum atomic E-state index is -0.176. The summed E-state index contributed by atoms with van der Waals surface area (Å²) < 4.78 is 13.1. The lowest BCUT2D eigenvalue weighted by atomic mass is 10.2. The first-order valence-electron chi connectivity index (χ1n) is 6.04. The van der Waals surface area contributed by atoms with Gasteiger partial charge in [-0.05, 0) is 25.2 Å². The van der Waals surface area contributed by atoms with E-state index in [2.05, 4.69) is 22.2 Å². The number of nitrogens with zero attached hydrogens (tertiary/aromatic N) is 2. The molecule has 4 heteroatoms. The third-order valence-electron chi connectivity index (χ3n) is 3.38. The van der Waals surface area contributed by atoms with Gasteiger partial charge in [0, 0.05) is 45.0 Å². The number of benzene rings is 1. The predicted octanol–water partition coefficient (Wildman–Crippen LogP) is 1.17. The molecule has 0 aliphatic carbocycles. The number of piperazine rings is 1. The molecular formula is C13H20FN3. The van der Waals surface area contributed by atoms with Crippen LogP contribution in [0.25, 0.3) is 0 Å². The molecule has 17 heavy (non-hydrogen) atoms. The van der Waals surface area contributed by atoms with E-state index in [0.717, 1.165) is 31.9 Å². The van der Waals surface area contributed by atoms with E-state index in [4.69, 9.17) is 0 Å². The topological polar surface area (TPSA) is 18.5 Å². The quantitative estimate of drug-likeness (QED) is 0.851. The Labute approximate surface area is 102 Å². The number of halogens is 1. The number of anilines is 1. The highest BCUT2D eigenvalue weighted by Gasteiger charge is 2.20. The van der Waals surface area contributed by atoms with E-state index in [0.29, 0.717) is 6.04 Å². The Morgan fingerprint density at radius 1 is 1.53 bits per heavy atom. The minimum absolute atomic E-state index is 0.176. The van der Waals surface area contributed by atoms with Crippen molar-refractivity contribution < 1.29 is 4.39 Å². The van der Waals surface area contributed by atoms with Crippen LogP contribution in [-0.4, -0.2) is 51.2 Å². The van der Waals surface area contributed by atoms with E-state index in [1.165, 1.54) is 6.07 Å². The summed E-state index contributed by atoms with van der Waals surface area (Å²) in [5.74, 6) is -0.176. The van der Waals surface area contributed by atoms with E-state index >= 15 is 0 Å². The zero-order valence-corrected chi connectivity index (χ0v) is 10.5. The van der Waals surface area contributed by atoms with Crippen LogP contribution in [0, 0.1) is 5.82 Å². The maximum absolute atomic E-state index is 13.1. The average Bonchev–Trinajstić information content (AvgIpc) is 2.32. The molecule has 1 atom stereocenters. The van der Waals surface area contributed by atoms with E-state index < -0.39 is 0 Å². The second-order valence-corrected chi connectivity index (χ2v) is 4.70. The number of rotatable bonds is 3. The van der Waals surface area contributed by atoms with Crippen molar-refractivity contribution >= 4 is 5.69 Å². The van der Waals surface area contributed by atoms with E-state index in [1.807, 2.05) is 13.1 Å². The molecule has 1 aliphatic rings. The van der Waals surface area contributed by atoms with Gasteiger partial charge in [-0.15, -0.1) is 0 Å². The minimum Gasteiger partial charge on any atom is -0.373 e. The second-order valence-electron chi connectivity index (χ2n) is 4.70. The first-order valence-corrected chi connectivity index (χ1v) is 6.04. The van der Waals surface area contributed by atoms with Crippen molar-refractivity contribution in [2.45, 2.75) is 6.04 Å². The Kier molecular flexibility index (Phi) is 3.97. The predicted molar refractivity (Wildman–Crippen MR) is 69.0 cm³/mol. The van der Waals surface area contributed by atoms with Crippen molar-refractivity contribution in [3.63, 3.8) is 0 Å². The molecule has 2 rings (SSSR count). The molecule has 1 aromatic rings. The van der Waals surface area contributed by atoms with Crippen LogP contribution in [0.15, 0.2) is 24.3 Å². The lowest BCUT2D eigenvalue weighted by molar-refractivity contribution is 0.204.